The standard InChI is InChI=1S/C14H26N2O3/c1-2-6-10(9-15)13(17)16-12-8-5-3-4-7-11(12)14(18)19/h10-12H,2-9,15H2,1H3,(H,16,17)(H,18,19). The van der Waals surface area contributed by atoms with Gasteiger partial charge in [0.05, 0.1) is 11.8 Å². The number of carboxylic acid groups (broad SMARTS) is 1. The monoisotopic (exact) mass is 270 g/mol. The van der Waals surface area contributed by atoms with Gasteiger partial charge in [0.1, 0.15) is 0 Å². The maximum Gasteiger partial charge on any atom is 0.308 e. The van der Waals surface area contributed by atoms with E-state index in [0.717, 1.165) is 38.5 Å². The largest absolute Gasteiger partial charge is 0.481 e. The number of carbonyl (C=O) groups is 2. The maximum atomic E-state index is 12.1. The topological polar surface area (TPSA) is 92.4 Å². The van der Waals surface area contributed by atoms with Gasteiger partial charge in [-0.05, 0) is 19.3 Å². The van der Waals surface area contributed by atoms with E-state index in [9.17, 15) is 14.7 Å². The average molecular weight is 270 g/mol. The lowest BCUT2D eigenvalue weighted by Gasteiger charge is -2.25. The van der Waals surface area contributed by atoms with Crippen LogP contribution in [0.3, 0.4) is 0 Å². The lowest BCUT2D eigenvalue weighted by molar-refractivity contribution is -0.143. The Kier molecular flexibility index (Phi) is 6.84. The summed E-state index contributed by atoms with van der Waals surface area (Å²) in [6.07, 6.45) is 6.03. The predicted octanol–water partition coefficient (Wildman–Crippen LogP) is 1.51. The first-order valence-electron chi connectivity index (χ1n) is 7.33. The van der Waals surface area contributed by atoms with Crippen LogP contribution < -0.4 is 11.1 Å². The van der Waals surface area contributed by atoms with Crippen LogP contribution in [-0.2, 0) is 9.59 Å². The van der Waals surface area contributed by atoms with E-state index in [-0.39, 0.29) is 17.9 Å². The summed E-state index contributed by atoms with van der Waals surface area (Å²) in [6, 6.07) is -0.238. The first-order valence-corrected chi connectivity index (χ1v) is 7.33. The summed E-state index contributed by atoms with van der Waals surface area (Å²) < 4.78 is 0. The van der Waals surface area contributed by atoms with Crippen molar-refractivity contribution in [2.24, 2.45) is 17.6 Å². The molecule has 5 nitrogen and oxygen atoms in total. The SMILES string of the molecule is CCCC(CN)C(=O)NC1CCCCCC1C(=O)O. The second-order valence-corrected chi connectivity index (χ2v) is 5.42. The Morgan fingerprint density at radius 3 is 2.58 bits per heavy atom. The van der Waals surface area contributed by atoms with E-state index in [4.69, 9.17) is 5.73 Å². The van der Waals surface area contributed by atoms with Crippen LogP contribution >= 0.6 is 0 Å². The highest BCUT2D eigenvalue weighted by Crippen LogP contribution is 2.24. The van der Waals surface area contributed by atoms with E-state index < -0.39 is 11.9 Å². The Hall–Kier alpha value is -1.10. The molecule has 1 aliphatic carbocycles. The van der Waals surface area contributed by atoms with Gasteiger partial charge in [0.15, 0.2) is 0 Å². The zero-order chi connectivity index (χ0) is 14.3. The van der Waals surface area contributed by atoms with Crippen molar-refractivity contribution in [1.29, 1.82) is 0 Å². The van der Waals surface area contributed by atoms with Gasteiger partial charge in [-0.25, -0.2) is 0 Å². The van der Waals surface area contributed by atoms with Crippen LogP contribution in [0.15, 0.2) is 0 Å². The van der Waals surface area contributed by atoms with Crippen molar-refractivity contribution in [1.82, 2.24) is 5.32 Å². The third-order valence-electron chi connectivity index (χ3n) is 3.95. The maximum absolute atomic E-state index is 12.1. The van der Waals surface area contributed by atoms with Gasteiger partial charge in [-0.3, -0.25) is 9.59 Å². The fraction of sp³-hybridized carbons (Fsp3) is 0.857. The molecule has 0 aromatic rings. The number of rotatable bonds is 6. The number of carboxylic acids is 1. The molecule has 1 aliphatic rings. The van der Waals surface area contributed by atoms with E-state index >= 15 is 0 Å². The summed E-state index contributed by atoms with van der Waals surface area (Å²) in [6.45, 7) is 2.34. The first kappa shape index (κ1) is 16.0. The molecule has 0 aromatic carbocycles. The molecule has 110 valence electrons. The molecule has 19 heavy (non-hydrogen) atoms. The van der Waals surface area contributed by atoms with E-state index in [1.54, 1.807) is 0 Å². The zero-order valence-corrected chi connectivity index (χ0v) is 11.7. The van der Waals surface area contributed by atoms with Gasteiger partial charge in [0, 0.05) is 12.6 Å². The minimum Gasteiger partial charge on any atom is -0.481 e. The molecule has 0 bridgehead atoms. The molecule has 1 saturated carbocycles. The number of amides is 1. The minimum absolute atomic E-state index is 0.0810. The molecule has 4 N–H and O–H groups in total. The fourth-order valence-corrected chi connectivity index (χ4v) is 2.78. The molecule has 1 rings (SSSR count). The van der Waals surface area contributed by atoms with Crippen molar-refractivity contribution in [2.45, 2.75) is 57.9 Å². The molecule has 0 heterocycles. The van der Waals surface area contributed by atoms with Crippen molar-refractivity contribution < 1.29 is 14.7 Å². The first-order chi connectivity index (χ1) is 9.10. The summed E-state index contributed by atoms with van der Waals surface area (Å²) in [4.78, 5) is 23.4. The molecule has 0 saturated heterocycles. The summed E-state index contributed by atoms with van der Waals surface area (Å²) in [7, 11) is 0. The van der Waals surface area contributed by atoms with E-state index in [0.29, 0.717) is 13.0 Å². The Morgan fingerprint density at radius 1 is 1.32 bits per heavy atom. The van der Waals surface area contributed by atoms with E-state index in [2.05, 4.69) is 5.32 Å². The quantitative estimate of drug-likeness (QED) is 0.638. The van der Waals surface area contributed by atoms with Crippen LogP contribution in [-0.4, -0.2) is 29.6 Å². The van der Waals surface area contributed by atoms with E-state index in [1.165, 1.54) is 0 Å². The average Bonchev–Trinajstić information content (AvgIpc) is 2.61. The Balaban J connectivity index is 2.64. The Morgan fingerprint density at radius 2 is 2.00 bits per heavy atom. The van der Waals surface area contributed by atoms with Crippen LogP contribution in [0.5, 0.6) is 0 Å². The highest BCUT2D eigenvalue weighted by Gasteiger charge is 2.31. The highest BCUT2D eigenvalue weighted by atomic mass is 16.4. The van der Waals surface area contributed by atoms with Crippen LogP contribution in [0.1, 0.15) is 51.9 Å². The molecule has 3 unspecified atom stereocenters. The number of nitrogens with two attached hydrogens (primary N) is 1. The van der Waals surface area contributed by atoms with Crippen LogP contribution in [0.2, 0.25) is 0 Å². The molecular formula is C14H26N2O3. The summed E-state index contributed by atoms with van der Waals surface area (Å²) >= 11 is 0. The lowest BCUT2D eigenvalue weighted by atomic mass is 9.93. The van der Waals surface area contributed by atoms with Gasteiger partial charge in [-0.2, -0.15) is 0 Å². The summed E-state index contributed by atoms with van der Waals surface area (Å²) in [5, 5.41) is 12.2. The predicted molar refractivity (Wildman–Crippen MR) is 73.6 cm³/mol. The summed E-state index contributed by atoms with van der Waals surface area (Å²) in [5.41, 5.74) is 5.61. The van der Waals surface area contributed by atoms with Gasteiger partial charge in [0.2, 0.25) is 5.91 Å². The smallest absolute Gasteiger partial charge is 0.308 e. The van der Waals surface area contributed by atoms with Crippen LogP contribution in [0.25, 0.3) is 0 Å². The second-order valence-electron chi connectivity index (χ2n) is 5.42. The number of hydrogen-bond donors (Lipinski definition) is 3. The molecule has 1 amide bonds. The second kappa shape index (κ2) is 8.15. The van der Waals surface area contributed by atoms with Gasteiger partial charge < -0.3 is 16.2 Å². The van der Waals surface area contributed by atoms with E-state index in [1.807, 2.05) is 6.92 Å². The third kappa shape index (κ3) is 4.82. The highest BCUT2D eigenvalue weighted by molar-refractivity contribution is 5.80. The normalized spacial score (nSPS) is 25.4. The van der Waals surface area contributed by atoms with Crippen molar-refractivity contribution in [3.63, 3.8) is 0 Å². The molecule has 0 spiro atoms. The van der Waals surface area contributed by atoms with Crippen molar-refractivity contribution >= 4 is 11.9 Å². The Bertz CT molecular complexity index is 307. The molecule has 0 aromatic heterocycles. The van der Waals surface area contributed by atoms with Crippen LogP contribution in [0, 0.1) is 11.8 Å². The van der Waals surface area contributed by atoms with Crippen LogP contribution in [0.4, 0.5) is 0 Å². The molecule has 1 fully saturated rings. The molecule has 0 radical (unpaired) electrons. The molecular weight excluding hydrogens is 244 g/mol. The number of aliphatic carboxylic acids is 1. The Labute approximate surface area is 114 Å². The fourth-order valence-electron chi connectivity index (χ4n) is 2.78. The zero-order valence-electron chi connectivity index (χ0n) is 11.7. The molecule has 5 heteroatoms. The number of carbonyl (C=O) groups excluding carboxylic acids is 1. The van der Waals surface area contributed by atoms with Crippen molar-refractivity contribution in [3.8, 4) is 0 Å². The van der Waals surface area contributed by atoms with Gasteiger partial charge >= 0.3 is 5.97 Å². The van der Waals surface area contributed by atoms with Gasteiger partial charge in [-0.1, -0.05) is 32.6 Å². The minimum atomic E-state index is -0.799. The van der Waals surface area contributed by atoms with Crippen molar-refractivity contribution in [3.05, 3.63) is 0 Å². The van der Waals surface area contributed by atoms with Gasteiger partial charge in [-0.15, -0.1) is 0 Å². The third-order valence-corrected chi connectivity index (χ3v) is 3.95. The lowest BCUT2D eigenvalue weighted by Crippen LogP contribution is -2.46. The van der Waals surface area contributed by atoms with Gasteiger partial charge in [0.25, 0.3) is 0 Å². The molecule has 0 aliphatic heterocycles. The van der Waals surface area contributed by atoms with Crippen molar-refractivity contribution in [2.75, 3.05) is 6.54 Å². The number of nitrogens with one attached hydrogen (secondary N) is 1. The number of hydrogen-bond acceptors (Lipinski definition) is 3. The summed E-state index contributed by atoms with van der Waals surface area (Å²) in [5.74, 6) is -1.52. The molecule has 3 atom stereocenters.